The average Bonchev–Trinajstić information content (AvgIpc) is 2.67. The standard InChI is InChI=1S/C21H34N4O2/c1-5-16-7-9-17(10-8-16)21(3,4)15-23-19(22)24-18-11-13-25(14-12-18)20(26)27-6-2/h7-10,18H,5-6,11-15H2,1-4H3,(H3,22,23,24). The number of nitrogens with one attached hydrogen (secondary N) is 1. The maximum absolute atomic E-state index is 11.7. The molecule has 6 nitrogen and oxygen atoms in total. The van der Waals surface area contributed by atoms with Gasteiger partial charge < -0.3 is 20.7 Å². The van der Waals surface area contributed by atoms with Crippen molar-refractivity contribution in [2.45, 2.75) is 58.4 Å². The fourth-order valence-electron chi connectivity index (χ4n) is 3.24. The van der Waals surface area contributed by atoms with Crippen LogP contribution in [-0.4, -0.2) is 49.2 Å². The smallest absolute Gasteiger partial charge is 0.409 e. The summed E-state index contributed by atoms with van der Waals surface area (Å²) in [7, 11) is 0. The van der Waals surface area contributed by atoms with Crippen molar-refractivity contribution in [2.24, 2.45) is 10.7 Å². The number of aliphatic imine (C=N–C) groups is 1. The van der Waals surface area contributed by atoms with E-state index in [0.717, 1.165) is 19.3 Å². The van der Waals surface area contributed by atoms with Crippen molar-refractivity contribution in [1.82, 2.24) is 10.2 Å². The van der Waals surface area contributed by atoms with E-state index in [2.05, 4.69) is 55.3 Å². The molecule has 1 aliphatic heterocycles. The number of aryl methyl sites for hydroxylation is 1. The van der Waals surface area contributed by atoms with Crippen molar-refractivity contribution in [1.29, 1.82) is 0 Å². The summed E-state index contributed by atoms with van der Waals surface area (Å²) in [5, 5.41) is 3.30. The fourth-order valence-corrected chi connectivity index (χ4v) is 3.24. The number of hydrogen-bond donors (Lipinski definition) is 2. The van der Waals surface area contributed by atoms with Crippen LogP contribution in [0.4, 0.5) is 4.79 Å². The molecule has 6 heteroatoms. The molecular formula is C21H34N4O2. The lowest BCUT2D eigenvalue weighted by molar-refractivity contribution is 0.0963. The van der Waals surface area contributed by atoms with Gasteiger partial charge in [-0.2, -0.15) is 0 Å². The molecule has 0 spiro atoms. The van der Waals surface area contributed by atoms with E-state index in [9.17, 15) is 4.79 Å². The highest BCUT2D eigenvalue weighted by Gasteiger charge is 2.24. The minimum atomic E-state index is -0.228. The van der Waals surface area contributed by atoms with Gasteiger partial charge in [0.1, 0.15) is 0 Å². The van der Waals surface area contributed by atoms with Gasteiger partial charge in [-0.05, 0) is 37.3 Å². The number of nitrogens with two attached hydrogens (primary N) is 1. The van der Waals surface area contributed by atoms with Crippen molar-refractivity contribution in [3.63, 3.8) is 0 Å². The molecule has 1 aromatic carbocycles. The second-order valence-corrected chi connectivity index (χ2v) is 7.74. The van der Waals surface area contributed by atoms with Crippen LogP contribution in [-0.2, 0) is 16.6 Å². The van der Waals surface area contributed by atoms with E-state index in [-0.39, 0.29) is 17.6 Å². The van der Waals surface area contributed by atoms with E-state index in [1.165, 1.54) is 11.1 Å². The molecule has 0 radical (unpaired) electrons. The highest BCUT2D eigenvalue weighted by atomic mass is 16.6. The molecule has 0 atom stereocenters. The van der Waals surface area contributed by atoms with E-state index in [1.807, 2.05) is 6.92 Å². The van der Waals surface area contributed by atoms with E-state index in [1.54, 1.807) is 4.90 Å². The van der Waals surface area contributed by atoms with Crippen LogP contribution in [0.5, 0.6) is 0 Å². The number of piperidine rings is 1. The number of carbonyl (C=O) groups excluding carboxylic acids is 1. The minimum absolute atomic E-state index is 0.0775. The van der Waals surface area contributed by atoms with Crippen LogP contribution in [0.3, 0.4) is 0 Å². The molecule has 0 bridgehead atoms. The molecule has 2 rings (SSSR count). The third kappa shape index (κ3) is 6.15. The van der Waals surface area contributed by atoms with Gasteiger partial charge >= 0.3 is 6.09 Å². The second-order valence-electron chi connectivity index (χ2n) is 7.74. The lowest BCUT2D eigenvalue weighted by atomic mass is 9.84. The first-order valence-corrected chi connectivity index (χ1v) is 9.93. The predicted molar refractivity (Wildman–Crippen MR) is 110 cm³/mol. The lowest BCUT2D eigenvalue weighted by Gasteiger charge is -2.32. The summed E-state index contributed by atoms with van der Waals surface area (Å²) in [6, 6.07) is 8.97. The molecule has 3 N–H and O–H groups in total. The van der Waals surface area contributed by atoms with E-state index < -0.39 is 0 Å². The number of ether oxygens (including phenoxy) is 1. The summed E-state index contributed by atoms with van der Waals surface area (Å²) in [5.74, 6) is 0.475. The number of nitrogens with zero attached hydrogens (tertiary/aromatic N) is 2. The molecule has 1 saturated heterocycles. The maximum atomic E-state index is 11.7. The molecule has 150 valence electrons. The minimum Gasteiger partial charge on any atom is -0.450 e. The zero-order valence-corrected chi connectivity index (χ0v) is 17.1. The Morgan fingerprint density at radius 2 is 1.89 bits per heavy atom. The maximum Gasteiger partial charge on any atom is 0.409 e. The van der Waals surface area contributed by atoms with Crippen molar-refractivity contribution in [3.05, 3.63) is 35.4 Å². The second kappa shape index (κ2) is 9.62. The first kappa shape index (κ1) is 21.1. The van der Waals surface area contributed by atoms with Gasteiger partial charge in [0.05, 0.1) is 13.2 Å². The van der Waals surface area contributed by atoms with Crippen molar-refractivity contribution < 1.29 is 9.53 Å². The van der Waals surface area contributed by atoms with E-state index in [0.29, 0.717) is 32.2 Å². The summed E-state index contributed by atoms with van der Waals surface area (Å²) in [4.78, 5) is 18.1. The normalized spacial score (nSPS) is 16.3. The van der Waals surface area contributed by atoms with E-state index in [4.69, 9.17) is 10.5 Å². The number of rotatable bonds is 6. The Hall–Kier alpha value is -2.24. The summed E-state index contributed by atoms with van der Waals surface area (Å²) in [5.41, 5.74) is 8.64. The lowest BCUT2D eigenvalue weighted by Crippen LogP contribution is -2.48. The van der Waals surface area contributed by atoms with Crippen molar-refractivity contribution in [3.8, 4) is 0 Å². The SMILES string of the molecule is CCOC(=O)N1CCC(NC(N)=NCC(C)(C)c2ccc(CC)cc2)CC1. The molecule has 1 amide bonds. The molecule has 0 aliphatic carbocycles. The average molecular weight is 375 g/mol. The van der Waals surface area contributed by atoms with E-state index >= 15 is 0 Å². The molecule has 1 aromatic rings. The number of carbonyl (C=O) groups is 1. The van der Waals surface area contributed by atoms with Crippen molar-refractivity contribution >= 4 is 12.1 Å². The van der Waals surface area contributed by atoms with Crippen molar-refractivity contribution in [2.75, 3.05) is 26.2 Å². The summed E-state index contributed by atoms with van der Waals surface area (Å²) in [6.07, 6.45) is 2.51. The summed E-state index contributed by atoms with van der Waals surface area (Å²) < 4.78 is 5.05. The molecular weight excluding hydrogens is 340 g/mol. The zero-order valence-electron chi connectivity index (χ0n) is 17.1. The largest absolute Gasteiger partial charge is 0.450 e. The Morgan fingerprint density at radius 3 is 2.44 bits per heavy atom. The highest BCUT2D eigenvalue weighted by molar-refractivity contribution is 5.78. The van der Waals surface area contributed by atoms with Crippen LogP contribution in [0.15, 0.2) is 29.3 Å². The van der Waals surface area contributed by atoms with Gasteiger partial charge in [-0.1, -0.05) is 45.0 Å². The number of guanidine groups is 1. The fraction of sp³-hybridized carbons (Fsp3) is 0.619. The number of benzene rings is 1. The van der Waals surface area contributed by atoms with Gasteiger partial charge in [0.25, 0.3) is 0 Å². The summed E-state index contributed by atoms with van der Waals surface area (Å²) >= 11 is 0. The van der Waals surface area contributed by atoms with Crippen LogP contribution in [0.2, 0.25) is 0 Å². The molecule has 1 aliphatic rings. The molecule has 0 saturated carbocycles. The zero-order chi connectivity index (χ0) is 19.9. The monoisotopic (exact) mass is 374 g/mol. The van der Waals surface area contributed by atoms with Gasteiger partial charge in [-0.3, -0.25) is 4.99 Å². The molecule has 27 heavy (non-hydrogen) atoms. The van der Waals surface area contributed by atoms with Crippen LogP contribution in [0.25, 0.3) is 0 Å². The third-order valence-electron chi connectivity index (χ3n) is 5.16. The Labute approximate surface area is 163 Å². The van der Waals surface area contributed by atoms with Gasteiger partial charge in [0.15, 0.2) is 5.96 Å². The third-order valence-corrected chi connectivity index (χ3v) is 5.16. The number of likely N-dealkylation sites (tertiary alicyclic amines) is 1. The molecule has 1 fully saturated rings. The Bertz CT molecular complexity index is 632. The van der Waals surface area contributed by atoms with Crippen LogP contribution in [0, 0.1) is 0 Å². The van der Waals surface area contributed by atoms with Gasteiger partial charge in [-0.25, -0.2) is 4.79 Å². The number of hydrogen-bond acceptors (Lipinski definition) is 3. The summed E-state index contributed by atoms with van der Waals surface area (Å²) in [6.45, 7) is 10.7. The number of amides is 1. The first-order chi connectivity index (χ1) is 12.9. The van der Waals surface area contributed by atoms with Gasteiger partial charge in [0.2, 0.25) is 0 Å². The van der Waals surface area contributed by atoms with Gasteiger partial charge in [0, 0.05) is 24.5 Å². The van der Waals surface area contributed by atoms with Crippen LogP contribution < -0.4 is 11.1 Å². The molecule has 0 unspecified atom stereocenters. The quantitative estimate of drug-likeness (QED) is 0.592. The van der Waals surface area contributed by atoms with Crippen LogP contribution >= 0.6 is 0 Å². The predicted octanol–water partition coefficient (Wildman–Crippen LogP) is 3.05. The highest BCUT2D eigenvalue weighted by Crippen LogP contribution is 2.24. The molecule has 1 heterocycles. The van der Waals surface area contributed by atoms with Gasteiger partial charge in [-0.15, -0.1) is 0 Å². The Kier molecular flexibility index (Phi) is 7.51. The Balaban J connectivity index is 1.84. The topological polar surface area (TPSA) is 80.0 Å². The van der Waals surface area contributed by atoms with Crippen LogP contribution in [0.1, 0.15) is 51.7 Å². The molecule has 0 aromatic heterocycles. The first-order valence-electron chi connectivity index (χ1n) is 9.93. The Morgan fingerprint density at radius 1 is 1.26 bits per heavy atom.